The van der Waals surface area contributed by atoms with Gasteiger partial charge in [0.15, 0.2) is 13.0 Å². The van der Waals surface area contributed by atoms with Crippen molar-refractivity contribution in [2.45, 2.75) is 16.3 Å². The number of anilines is 1. The largest absolute Gasteiger partial charge is 0.538 e. The second-order valence-electron chi connectivity index (χ2n) is 4.51. The van der Waals surface area contributed by atoms with Gasteiger partial charge in [0.2, 0.25) is 15.9 Å². The van der Waals surface area contributed by atoms with Gasteiger partial charge in [-0.1, -0.05) is 16.4 Å². The van der Waals surface area contributed by atoms with Gasteiger partial charge in [-0.25, -0.2) is 13.6 Å². The average molecular weight is 358 g/mol. The number of carbonyl (C=O) groups is 1. The summed E-state index contributed by atoms with van der Waals surface area (Å²) in [5, 5.41) is 22.7. The zero-order valence-corrected chi connectivity index (χ0v) is 13.7. The number of aryl methyl sites for hydroxylation is 1. The third kappa shape index (κ3) is 4.68. The normalized spacial score (nSPS) is 11.4. The van der Waals surface area contributed by atoms with Gasteiger partial charge in [-0.05, 0) is 24.3 Å². The predicted molar refractivity (Wildman–Crippen MR) is 78.9 cm³/mol. The standard InChI is InChI=1S/C12H14N4O5S2/c1-16-11(12(18)21-15-16)22-7-6-10(17)14-8-2-4-9(5-3-8)23(13,19)20/h2-5H,6-7H2,1H3,(H3-,13,14,15,17,18,19,20). The Kier molecular flexibility index (Phi) is 5.23. The van der Waals surface area contributed by atoms with Crippen molar-refractivity contribution in [3.63, 3.8) is 0 Å². The summed E-state index contributed by atoms with van der Waals surface area (Å²) < 4.78 is 28.0. The molecule has 1 aromatic carbocycles. The fourth-order valence-electron chi connectivity index (χ4n) is 1.65. The van der Waals surface area contributed by atoms with Crippen LogP contribution >= 0.6 is 11.8 Å². The van der Waals surface area contributed by atoms with E-state index in [1.54, 1.807) is 7.05 Å². The van der Waals surface area contributed by atoms with E-state index < -0.39 is 16.0 Å². The Morgan fingerprint density at radius 2 is 2.09 bits per heavy atom. The van der Waals surface area contributed by atoms with Crippen LogP contribution in [0.1, 0.15) is 6.42 Å². The minimum atomic E-state index is -3.76. The third-order valence-electron chi connectivity index (χ3n) is 2.75. The first-order valence-electron chi connectivity index (χ1n) is 6.36. The van der Waals surface area contributed by atoms with Crippen LogP contribution in [-0.2, 0) is 21.9 Å². The van der Waals surface area contributed by atoms with Crippen LogP contribution in [0.2, 0.25) is 0 Å². The highest BCUT2D eigenvalue weighted by atomic mass is 32.2. The fraction of sp³-hybridized carbons (Fsp3) is 0.250. The van der Waals surface area contributed by atoms with Crippen LogP contribution < -0.4 is 20.2 Å². The molecule has 11 heteroatoms. The fourth-order valence-corrected chi connectivity index (χ4v) is 3.02. The van der Waals surface area contributed by atoms with Gasteiger partial charge in [-0.15, -0.1) is 0 Å². The lowest BCUT2D eigenvalue weighted by Gasteiger charge is -2.05. The number of hydrogen-bond donors (Lipinski definition) is 2. The number of nitrogens with two attached hydrogens (primary N) is 1. The van der Waals surface area contributed by atoms with Crippen LogP contribution in [-0.4, -0.2) is 25.3 Å². The number of carbonyl (C=O) groups excluding carboxylic acids is 1. The molecule has 0 fully saturated rings. The maximum Gasteiger partial charge on any atom is 0.290 e. The zero-order chi connectivity index (χ0) is 17.0. The van der Waals surface area contributed by atoms with Gasteiger partial charge in [-0.2, -0.15) is 0 Å². The van der Waals surface area contributed by atoms with E-state index in [1.165, 1.54) is 28.9 Å². The summed E-state index contributed by atoms with van der Waals surface area (Å²) in [5.74, 6) is -0.449. The summed E-state index contributed by atoms with van der Waals surface area (Å²) in [4.78, 5) is 11.8. The summed E-state index contributed by atoms with van der Waals surface area (Å²) in [7, 11) is -2.19. The van der Waals surface area contributed by atoms with Gasteiger partial charge in [0.1, 0.15) is 0 Å². The lowest BCUT2D eigenvalue weighted by atomic mass is 10.3. The number of benzene rings is 1. The first-order valence-corrected chi connectivity index (χ1v) is 8.89. The smallest absolute Gasteiger partial charge is 0.290 e. The molecule has 3 N–H and O–H groups in total. The number of nitrogens with zero attached hydrogens (tertiary/aromatic N) is 2. The summed E-state index contributed by atoms with van der Waals surface area (Å²) in [5.41, 5.74) is 0.451. The molecule has 9 nitrogen and oxygen atoms in total. The Morgan fingerprint density at radius 3 is 2.61 bits per heavy atom. The predicted octanol–water partition coefficient (Wildman–Crippen LogP) is -0.659. The lowest BCUT2D eigenvalue weighted by molar-refractivity contribution is -0.772. The van der Waals surface area contributed by atoms with E-state index >= 15 is 0 Å². The second kappa shape index (κ2) is 6.98. The van der Waals surface area contributed by atoms with Crippen LogP contribution in [0.3, 0.4) is 0 Å². The number of primary sulfonamides is 1. The van der Waals surface area contributed by atoms with Gasteiger partial charge in [0.05, 0.1) is 10.2 Å². The van der Waals surface area contributed by atoms with E-state index in [4.69, 9.17) is 5.14 Å². The van der Waals surface area contributed by atoms with Gasteiger partial charge in [0, 0.05) is 17.9 Å². The van der Waals surface area contributed by atoms with Crippen molar-refractivity contribution in [3.05, 3.63) is 24.3 Å². The molecule has 0 aliphatic rings. The Bertz CT molecular complexity index is 782. The molecule has 23 heavy (non-hydrogen) atoms. The minimum absolute atomic E-state index is 0.0333. The monoisotopic (exact) mass is 358 g/mol. The summed E-state index contributed by atoms with van der Waals surface area (Å²) in [6.07, 6.45) is 0.159. The number of thioether (sulfide) groups is 1. The summed E-state index contributed by atoms with van der Waals surface area (Å²) in [6.45, 7) is 0. The quantitative estimate of drug-likeness (QED) is 0.515. The first kappa shape index (κ1) is 17.2. The molecule has 0 saturated carbocycles. The summed E-state index contributed by atoms with van der Waals surface area (Å²) in [6, 6.07) is 5.50. The molecule has 124 valence electrons. The van der Waals surface area contributed by atoms with E-state index in [2.05, 4.69) is 15.1 Å². The van der Waals surface area contributed by atoms with Gasteiger partial charge < -0.3 is 14.9 Å². The molecule has 1 aromatic heterocycles. The molecule has 2 rings (SSSR count). The van der Waals surface area contributed by atoms with E-state index in [0.29, 0.717) is 16.5 Å². The molecule has 0 aliphatic heterocycles. The maximum absolute atomic E-state index is 11.8. The third-order valence-corrected chi connectivity index (χ3v) is 4.79. The number of aromatic nitrogens is 2. The molecule has 1 amide bonds. The molecule has 1 heterocycles. The molecule has 0 atom stereocenters. The first-order chi connectivity index (χ1) is 10.8. The summed E-state index contributed by atoms with van der Waals surface area (Å²) >= 11 is 1.16. The molecule has 2 aromatic rings. The highest BCUT2D eigenvalue weighted by Crippen LogP contribution is 2.22. The number of amides is 1. The van der Waals surface area contributed by atoms with Gasteiger partial charge >= 0.3 is 0 Å². The van der Waals surface area contributed by atoms with Crippen LogP contribution in [0.4, 0.5) is 5.69 Å². The zero-order valence-electron chi connectivity index (χ0n) is 12.1. The van der Waals surface area contributed by atoms with Crippen LogP contribution in [0.5, 0.6) is 5.95 Å². The number of hydrogen-bond acceptors (Lipinski definition) is 7. The van der Waals surface area contributed by atoms with Crippen molar-refractivity contribution >= 4 is 33.4 Å². The van der Waals surface area contributed by atoms with Crippen molar-refractivity contribution in [1.29, 1.82) is 0 Å². The highest BCUT2D eigenvalue weighted by Gasteiger charge is 2.14. The number of nitrogens with one attached hydrogen (secondary N) is 1. The van der Waals surface area contributed by atoms with Gasteiger partial charge in [-0.3, -0.25) is 4.79 Å². The Labute approximate surface area is 136 Å². The Morgan fingerprint density at radius 1 is 1.43 bits per heavy atom. The molecule has 0 saturated heterocycles. The lowest BCUT2D eigenvalue weighted by Crippen LogP contribution is -2.32. The average Bonchev–Trinajstić information content (AvgIpc) is 2.78. The molecule has 0 spiro atoms. The molecule has 0 aliphatic carbocycles. The minimum Gasteiger partial charge on any atom is -0.538 e. The van der Waals surface area contributed by atoms with Crippen LogP contribution in [0.25, 0.3) is 0 Å². The van der Waals surface area contributed by atoms with Crippen molar-refractivity contribution in [2.75, 3.05) is 11.1 Å². The topological polar surface area (TPSA) is 142 Å². The Hall–Kier alpha value is -2.11. The van der Waals surface area contributed by atoms with Crippen molar-refractivity contribution < 1.29 is 27.5 Å². The molecular formula is C12H14N4O5S2. The highest BCUT2D eigenvalue weighted by molar-refractivity contribution is 7.99. The van der Waals surface area contributed by atoms with Crippen molar-refractivity contribution in [1.82, 2.24) is 5.27 Å². The molecular weight excluding hydrogens is 344 g/mol. The number of rotatable bonds is 6. The van der Waals surface area contributed by atoms with Crippen molar-refractivity contribution in [3.8, 4) is 5.95 Å². The van der Waals surface area contributed by atoms with E-state index in [9.17, 15) is 18.3 Å². The van der Waals surface area contributed by atoms with Crippen LogP contribution in [0.15, 0.2) is 38.7 Å². The maximum atomic E-state index is 11.8. The Balaban J connectivity index is 1.85. The number of sulfonamides is 1. The van der Waals surface area contributed by atoms with Crippen LogP contribution in [0, 0.1) is 0 Å². The van der Waals surface area contributed by atoms with E-state index in [0.717, 1.165) is 11.8 Å². The van der Waals surface area contributed by atoms with Crippen molar-refractivity contribution in [2.24, 2.45) is 12.2 Å². The van der Waals surface area contributed by atoms with E-state index in [-0.39, 0.29) is 17.2 Å². The molecule has 0 radical (unpaired) electrons. The SMILES string of the molecule is C[n+]1noc([O-])c1SCCC(=O)Nc1ccc(S(N)(=O)=O)cc1. The van der Waals surface area contributed by atoms with Gasteiger partial charge in [0.25, 0.3) is 5.03 Å². The molecule has 0 unspecified atom stereocenters. The second-order valence-corrected chi connectivity index (χ2v) is 7.15. The van der Waals surface area contributed by atoms with E-state index in [1.807, 2.05) is 0 Å². The molecule has 0 bridgehead atoms.